The molecule has 1 aromatic heterocycles. The first-order chi connectivity index (χ1) is 11.3. The Balaban J connectivity index is 2.29. The highest BCUT2D eigenvalue weighted by molar-refractivity contribution is 5.78. The number of hydrazone groups is 1. The Labute approximate surface area is 133 Å². The minimum atomic E-state index is -0.772. The number of non-ortho nitro benzene ring substituents is 1. The van der Waals surface area contributed by atoms with Gasteiger partial charge >= 0.3 is 11.6 Å². The third kappa shape index (κ3) is 3.49. The second kappa shape index (κ2) is 6.51. The van der Waals surface area contributed by atoms with Crippen LogP contribution in [0, 0.1) is 30.3 Å². The van der Waals surface area contributed by atoms with E-state index >= 15 is 0 Å². The van der Waals surface area contributed by atoms with Gasteiger partial charge in [0.25, 0.3) is 5.69 Å². The molecule has 124 valence electrons. The molecule has 0 aliphatic heterocycles. The maximum Gasteiger partial charge on any atom is 0.433 e. The Bertz CT molecular complexity index is 844. The van der Waals surface area contributed by atoms with Crippen LogP contribution in [0.4, 0.5) is 22.9 Å². The van der Waals surface area contributed by atoms with Crippen molar-refractivity contribution in [1.82, 2.24) is 0 Å². The number of furan rings is 1. The normalized spacial score (nSPS) is 10.7. The van der Waals surface area contributed by atoms with E-state index in [2.05, 4.69) is 5.10 Å². The van der Waals surface area contributed by atoms with Gasteiger partial charge in [0, 0.05) is 13.1 Å². The zero-order valence-electron chi connectivity index (χ0n) is 12.1. The van der Waals surface area contributed by atoms with E-state index in [9.17, 15) is 30.3 Å². The Hall–Kier alpha value is -3.83. The molecule has 0 aliphatic carbocycles. The summed E-state index contributed by atoms with van der Waals surface area (Å²) in [5, 5.41) is 37.2. The number of anilines is 1. The van der Waals surface area contributed by atoms with E-state index in [0.717, 1.165) is 29.4 Å². The molecule has 0 saturated heterocycles. The average molecular weight is 335 g/mol. The minimum Gasteiger partial charge on any atom is -0.400 e. The topological polar surface area (TPSA) is 158 Å². The largest absolute Gasteiger partial charge is 0.433 e. The first-order valence-electron chi connectivity index (χ1n) is 6.24. The van der Waals surface area contributed by atoms with E-state index in [1.165, 1.54) is 19.2 Å². The van der Waals surface area contributed by atoms with E-state index < -0.39 is 32.0 Å². The van der Waals surface area contributed by atoms with Crippen molar-refractivity contribution in [2.45, 2.75) is 0 Å². The van der Waals surface area contributed by atoms with Gasteiger partial charge in [0.05, 0.1) is 28.2 Å². The number of nitro groups is 3. The fourth-order valence-corrected chi connectivity index (χ4v) is 1.76. The Kier molecular flexibility index (Phi) is 4.49. The van der Waals surface area contributed by atoms with Gasteiger partial charge in [0.2, 0.25) is 0 Å². The lowest BCUT2D eigenvalue weighted by Gasteiger charge is -2.12. The summed E-state index contributed by atoms with van der Waals surface area (Å²) in [5.41, 5.74) is -0.929. The quantitative estimate of drug-likeness (QED) is 0.442. The van der Waals surface area contributed by atoms with Crippen molar-refractivity contribution in [2.75, 3.05) is 12.1 Å². The number of rotatable bonds is 6. The second-order valence-electron chi connectivity index (χ2n) is 4.39. The fourth-order valence-electron chi connectivity index (χ4n) is 1.76. The molecule has 0 aliphatic rings. The van der Waals surface area contributed by atoms with E-state index in [-0.39, 0.29) is 11.4 Å². The Morgan fingerprint density at radius 3 is 2.29 bits per heavy atom. The van der Waals surface area contributed by atoms with Gasteiger partial charge in [-0.25, -0.2) is 0 Å². The van der Waals surface area contributed by atoms with Crippen molar-refractivity contribution in [3.05, 3.63) is 66.4 Å². The van der Waals surface area contributed by atoms with Crippen molar-refractivity contribution >= 4 is 29.2 Å². The first kappa shape index (κ1) is 16.5. The lowest BCUT2D eigenvalue weighted by atomic mass is 10.2. The predicted octanol–water partition coefficient (Wildman–Crippen LogP) is 2.47. The Morgan fingerprint density at radius 2 is 1.75 bits per heavy atom. The molecule has 12 heteroatoms. The molecule has 2 rings (SSSR count). The predicted molar refractivity (Wildman–Crippen MR) is 81.1 cm³/mol. The van der Waals surface area contributed by atoms with Crippen LogP contribution in [-0.2, 0) is 0 Å². The van der Waals surface area contributed by atoms with Crippen LogP contribution < -0.4 is 5.01 Å². The summed E-state index contributed by atoms with van der Waals surface area (Å²) in [7, 11) is 1.38. The molecule has 0 atom stereocenters. The van der Waals surface area contributed by atoms with E-state index in [1.807, 2.05) is 0 Å². The first-order valence-corrected chi connectivity index (χ1v) is 6.24. The summed E-state index contributed by atoms with van der Waals surface area (Å²) < 4.78 is 4.86. The smallest absolute Gasteiger partial charge is 0.400 e. The maximum absolute atomic E-state index is 11.1. The number of hydrogen-bond donors (Lipinski definition) is 0. The van der Waals surface area contributed by atoms with Crippen molar-refractivity contribution in [2.24, 2.45) is 5.10 Å². The summed E-state index contributed by atoms with van der Waals surface area (Å²) in [6.07, 6.45) is 1.12. The highest BCUT2D eigenvalue weighted by Gasteiger charge is 2.21. The molecule has 0 radical (unpaired) electrons. The van der Waals surface area contributed by atoms with Gasteiger partial charge in [-0.3, -0.25) is 35.4 Å². The number of nitrogens with zero attached hydrogens (tertiary/aromatic N) is 5. The lowest BCUT2D eigenvalue weighted by molar-refractivity contribution is -0.402. The number of hydrogen-bond acceptors (Lipinski definition) is 9. The van der Waals surface area contributed by atoms with Crippen molar-refractivity contribution in [3.63, 3.8) is 0 Å². The molecular weight excluding hydrogens is 326 g/mol. The van der Waals surface area contributed by atoms with Crippen LogP contribution in [-0.4, -0.2) is 28.0 Å². The van der Waals surface area contributed by atoms with E-state index in [4.69, 9.17) is 4.42 Å². The van der Waals surface area contributed by atoms with Crippen molar-refractivity contribution in [1.29, 1.82) is 0 Å². The van der Waals surface area contributed by atoms with Gasteiger partial charge in [-0.1, -0.05) is 0 Å². The van der Waals surface area contributed by atoms with Crippen LogP contribution in [0.1, 0.15) is 5.76 Å². The summed E-state index contributed by atoms with van der Waals surface area (Å²) in [4.78, 5) is 30.0. The molecule has 1 aromatic carbocycles. The van der Waals surface area contributed by atoms with Crippen LogP contribution in [0.15, 0.2) is 39.9 Å². The summed E-state index contributed by atoms with van der Waals surface area (Å²) in [6.45, 7) is 0. The molecule has 0 N–H and O–H groups in total. The van der Waals surface area contributed by atoms with Gasteiger partial charge in [0.1, 0.15) is 10.6 Å². The summed E-state index contributed by atoms with van der Waals surface area (Å²) in [6, 6.07) is 5.54. The van der Waals surface area contributed by atoms with Crippen molar-refractivity contribution in [3.8, 4) is 0 Å². The average Bonchev–Trinajstić information content (AvgIpc) is 3.01. The highest BCUT2D eigenvalue weighted by atomic mass is 16.7. The molecule has 12 nitrogen and oxygen atoms in total. The standard InChI is InChI=1S/C12H9N5O7/c1-14(13-7-9-3-5-12(24-9)17(22)23)10-4-2-8(15(18)19)6-11(10)16(20)21/h2-7H,1H3/b13-7-. The van der Waals surface area contributed by atoms with Gasteiger partial charge in [-0.15, -0.1) is 0 Å². The third-order valence-electron chi connectivity index (χ3n) is 2.87. The molecule has 0 amide bonds. The van der Waals surface area contributed by atoms with Gasteiger partial charge < -0.3 is 4.42 Å². The van der Waals surface area contributed by atoms with Crippen LogP contribution in [0.25, 0.3) is 0 Å². The third-order valence-corrected chi connectivity index (χ3v) is 2.87. The van der Waals surface area contributed by atoms with Gasteiger partial charge in [-0.05, 0) is 12.1 Å². The zero-order chi connectivity index (χ0) is 17.9. The zero-order valence-corrected chi connectivity index (χ0v) is 12.1. The molecule has 1 heterocycles. The molecule has 24 heavy (non-hydrogen) atoms. The SMILES string of the molecule is CN(/N=C\c1ccc([N+](=O)[O-])o1)c1ccc([N+](=O)[O-])cc1[N+](=O)[O-]. The minimum absolute atomic E-state index is 0.00269. The van der Waals surface area contributed by atoms with Gasteiger partial charge in [0.15, 0.2) is 5.76 Å². The van der Waals surface area contributed by atoms with E-state index in [0.29, 0.717) is 0 Å². The number of nitro benzene ring substituents is 2. The maximum atomic E-state index is 11.1. The second-order valence-corrected chi connectivity index (χ2v) is 4.39. The van der Waals surface area contributed by atoms with E-state index in [1.54, 1.807) is 0 Å². The molecule has 0 bridgehead atoms. The molecule has 0 spiro atoms. The number of benzene rings is 1. The molecule has 2 aromatic rings. The fraction of sp³-hybridized carbons (Fsp3) is 0.0833. The molecular formula is C12H9N5O7. The summed E-state index contributed by atoms with van der Waals surface area (Å²) in [5.74, 6) is -0.404. The Morgan fingerprint density at radius 1 is 1.04 bits per heavy atom. The lowest BCUT2D eigenvalue weighted by Crippen LogP contribution is -2.11. The van der Waals surface area contributed by atoms with Crippen LogP contribution >= 0.6 is 0 Å². The van der Waals surface area contributed by atoms with Crippen molar-refractivity contribution < 1.29 is 19.2 Å². The van der Waals surface area contributed by atoms with Crippen LogP contribution in [0.5, 0.6) is 0 Å². The highest BCUT2D eigenvalue weighted by Crippen LogP contribution is 2.31. The molecule has 0 unspecified atom stereocenters. The van der Waals surface area contributed by atoms with Crippen LogP contribution in [0.2, 0.25) is 0 Å². The molecule has 0 saturated carbocycles. The van der Waals surface area contributed by atoms with Gasteiger partial charge in [-0.2, -0.15) is 5.10 Å². The van der Waals surface area contributed by atoms with Crippen LogP contribution in [0.3, 0.4) is 0 Å². The monoisotopic (exact) mass is 335 g/mol. The summed E-state index contributed by atoms with van der Waals surface area (Å²) >= 11 is 0. The molecule has 0 fully saturated rings.